The van der Waals surface area contributed by atoms with E-state index < -0.39 is 0 Å². The molecule has 0 radical (unpaired) electrons. The zero-order valence-corrected chi connectivity index (χ0v) is 6.83. The summed E-state index contributed by atoms with van der Waals surface area (Å²) in [5.74, 6) is 1.63. The largest absolute Gasteiger partial charge is 0.381 e. The minimum Gasteiger partial charge on any atom is -0.381 e. The third-order valence-electron chi connectivity index (χ3n) is 2.70. The molecule has 0 spiro atoms. The van der Waals surface area contributed by atoms with Gasteiger partial charge in [0.15, 0.2) is 0 Å². The Morgan fingerprint density at radius 2 is 2.00 bits per heavy atom. The average Bonchev–Trinajstić information content (AvgIpc) is 2.46. The number of nitrogens with zero attached hydrogens (tertiary/aromatic N) is 1. The number of rotatable bonds is 2. The van der Waals surface area contributed by atoms with Crippen molar-refractivity contribution in [1.29, 1.82) is 0 Å². The van der Waals surface area contributed by atoms with Crippen LogP contribution in [0.3, 0.4) is 0 Å². The summed E-state index contributed by atoms with van der Waals surface area (Å²) in [6.07, 6.45) is 1.99. The van der Waals surface area contributed by atoms with Crippen LogP contribution < -0.4 is 0 Å². The molecule has 0 aromatic rings. The maximum atomic E-state index is 5.39. The molecule has 2 saturated heterocycles. The third kappa shape index (κ3) is 1.33. The van der Waals surface area contributed by atoms with Gasteiger partial charge in [0.1, 0.15) is 0 Å². The molecule has 2 fully saturated rings. The van der Waals surface area contributed by atoms with Crippen molar-refractivity contribution < 1.29 is 4.74 Å². The molecular weight excluding hydrogens is 138 g/mol. The highest BCUT2D eigenvalue weighted by molar-refractivity contribution is 4.89. The van der Waals surface area contributed by atoms with Gasteiger partial charge in [0.25, 0.3) is 0 Å². The molecule has 2 nitrogen and oxygen atoms in total. The van der Waals surface area contributed by atoms with E-state index in [4.69, 9.17) is 4.74 Å². The third-order valence-corrected chi connectivity index (χ3v) is 2.70. The second-order valence-electron chi connectivity index (χ2n) is 3.56. The SMILES string of the molecule is C=CCN1CC2COCC2C1. The summed E-state index contributed by atoms with van der Waals surface area (Å²) in [5.41, 5.74) is 0. The van der Waals surface area contributed by atoms with Gasteiger partial charge in [-0.05, 0) is 0 Å². The number of hydrogen-bond acceptors (Lipinski definition) is 2. The Morgan fingerprint density at radius 1 is 1.36 bits per heavy atom. The van der Waals surface area contributed by atoms with Crippen molar-refractivity contribution >= 4 is 0 Å². The maximum Gasteiger partial charge on any atom is 0.0510 e. The number of fused-ring (bicyclic) bond motifs is 1. The van der Waals surface area contributed by atoms with Crippen LogP contribution in [0.1, 0.15) is 0 Å². The minimum absolute atomic E-state index is 0.815. The van der Waals surface area contributed by atoms with E-state index in [0.29, 0.717) is 0 Å². The van der Waals surface area contributed by atoms with Crippen LogP contribution in [-0.4, -0.2) is 37.7 Å². The first-order chi connectivity index (χ1) is 5.40. The molecule has 0 N–H and O–H groups in total. The highest BCUT2D eigenvalue weighted by Crippen LogP contribution is 2.28. The Hall–Kier alpha value is -0.340. The van der Waals surface area contributed by atoms with Crippen molar-refractivity contribution in [1.82, 2.24) is 4.90 Å². The number of ether oxygens (including phenoxy) is 1. The normalized spacial score (nSPS) is 37.5. The molecule has 2 aliphatic rings. The van der Waals surface area contributed by atoms with E-state index in [1.54, 1.807) is 0 Å². The van der Waals surface area contributed by atoms with E-state index in [0.717, 1.165) is 31.6 Å². The highest BCUT2D eigenvalue weighted by Gasteiger charge is 2.36. The van der Waals surface area contributed by atoms with Crippen LogP contribution in [0.5, 0.6) is 0 Å². The maximum absolute atomic E-state index is 5.39. The summed E-state index contributed by atoms with van der Waals surface area (Å²) in [5, 5.41) is 0. The Morgan fingerprint density at radius 3 is 2.55 bits per heavy atom. The lowest BCUT2D eigenvalue weighted by Crippen LogP contribution is -2.22. The Balaban J connectivity index is 1.89. The summed E-state index contributed by atoms with van der Waals surface area (Å²) in [6.45, 7) is 9.20. The molecule has 0 bridgehead atoms. The molecule has 2 atom stereocenters. The van der Waals surface area contributed by atoms with E-state index in [2.05, 4.69) is 11.5 Å². The van der Waals surface area contributed by atoms with Gasteiger partial charge < -0.3 is 4.74 Å². The average molecular weight is 153 g/mol. The fourth-order valence-electron chi connectivity index (χ4n) is 2.12. The lowest BCUT2D eigenvalue weighted by molar-refractivity contribution is 0.157. The van der Waals surface area contributed by atoms with E-state index in [1.165, 1.54) is 13.1 Å². The van der Waals surface area contributed by atoms with Crippen LogP contribution >= 0.6 is 0 Å². The van der Waals surface area contributed by atoms with Gasteiger partial charge in [-0.15, -0.1) is 6.58 Å². The quantitative estimate of drug-likeness (QED) is 0.543. The molecule has 0 amide bonds. The first-order valence-electron chi connectivity index (χ1n) is 4.31. The predicted octanol–water partition coefficient (Wildman–Crippen LogP) is 0.751. The number of hydrogen-bond donors (Lipinski definition) is 0. The standard InChI is InChI=1S/C9H15NO/c1-2-3-10-4-8-6-11-7-9(8)5-10/h2,8-9H,1,3-7H2. The van der Waals surface area contributed by atoms with Gasteiger partial charge in [-0.25, -0.2) is 0 Å². The molecule has 2 rings (SSSR count). The van der Waals surface area contributed by atoms with Crippen LogP contribution in [0.15, 0.2) is 12.7 Å². The van der Waals surface area contributed by atoms with Gasteiger partial charge >= 0.3 is 0 Å². The molecule has 62 valence electrons. The van der Waals surface area contributed by atoms with Crippen LogP contribution in [0.25, 0.3) is 0 Å². The molecule has 0 aliphatic carbocycles. The van der Waals surface area contributed by atoms with Gasteiger partial charge in [-0.1, -0.05) is 6.08 Å². The Kier molecular flexibility index (Phi) is 1.96. The summed E-state index contributed by atoms with van der Waals surface area (Å²) in [7, 11) is 0. The molecule has 11 heavy (non-hydrogen) atoms. The summed E-state index contributed by atoms with van der Waals surface area (Å²) >= 11 is 0. The molecular formula is C9H15NO. The van der Waals surface area contributed by atoms with Crippen molar-refractivity contribution in [3.05, 3.63) is 12.7 Å². The van der Waals surface area contributed by atoms with E-state index >= 15 is 0 Å². The first-order valence-corrected chi connectivity index (χ1v) is 4.31. The fourth-order valence-corrected chi connectivity index (χ4v) is 2.12. The minimum atomic E-state index is 0.815. The highest BCUT2D eigenvalue weighted by atomic mass is 16.5. The predicted molar refractivity (Wildman–Crippen MR) is 44.4 cm³/mol. The van der Waals surface area contributed by atoms with Crippen molar-refractivity contribution in [2.75, 3.05) is 32.8 Å². The van der Waals surface area contributed by atoms with Crippen molar-refractivity contribution in [2.45, 2.75) is 0 Å². The van der Waals surface area contributed by atoms with Gasteiger partial charge in [-0.2, -0.15) is 0 Å². The van der Waals surface area contributed by atoms with Gasteiger partial charge in [0.05, 0.1) is 13.2 Å². The molecule has 2 heterocycles. The van der Waals surface area contributed by atoms with Crippen LogP contribution in [0.4, 0.5) is 0 Å². The molecule has 2 aliphatic heterocycles. The molecule has 2 heteroatoms. The van der Waals surface area contributed by atoms with Crippen LogP contribution in [0.2, 0.25) is 0 Å². The zero-order valence-electron chi connectivity index (χ0n) is 6.83. The lowest BCUT2D eigenvalue weighted by Gasteiger charge is -2.13. The summed E-state index contributed by atoms with van der Waals surface area (Å²) in [4.78, 5) is 2.46. The molecule has 2 unspecified atom stereocenters. The monoisotopic (exact) mass is 153 g/mol. The van der Waals surface area contributed by atoms with Gasteiger partial charge in [0, 0.05) is 31.5 Å². The van der Waals surface area contributed by atoms with Crippen LogP contribution in [-0.2, 0) is 4.74 Å². The Labute approximate surface area is 67.8 Å². The van der Waals surface area contributed by atoms with Gasteiger partial charge in [-0.3, -0.25) is 4.90 Å². The summed E-state index contributed by atoms with van der Waals surface area (Å²) < 4.78 is 5.39. The fraction of sp³-hybridized carbons (Fsp3) is 0.778. The molecule has 0 aromatic carbocycles. The Bertz CT molecular complexity index is 146. The summed E-state index contributed by atoms with van der Waals surface area (Å²) in [6, 6.07) is 0. The number of likely N-dealkylation sites (tertiary alicyclic amines) is 1. The molecule has 0 aromatic heterocycles. The van der Waals surface area contributed by atoms with Crippen molar-refractivity contribution in [3.8, 4) is 0 Å². The lowest BCUT2D eigenvalue weighted by atomic mass is 10.0. The zero-order chi connectivity index (χ0) is 7.68. The first kappa shape index (κ1) is 7.32. The molecule has 0 saturated carbocycles. The second kappa shape index (κ2) is 2.95. The van der Waals surface area contributed by atoms with E-state index in [1.807, 2.05) is 6.08 Å². The van der Waals surface area contributed by atoms with Crippen molar-refractivity contribution in [2.24, 2.45) is 11.8 Å². The van der Waals surface area contributed by atoms with E-state index in [-0.39, 0.29) is 0 Å². The van der Waals surface area contributed by atoms with Crippen molar-refractivity contribution in [3.63, 3.8) is 0 Å². The smallest absolute Gasteiger partial charge is 0.0510 e. The van der Waals surface area contributed by atoms with Gasteiger partial charge in [0.2, 0.25) is 0 Å². The second-order valence-corrected chi connectivity index (χ2v) is 3.56. The van der Waals surface area contributed by atoms with Crippen LogP contribution in [0, 0.1) is 11.8 Å². The van der Waals surface area contributed by atoms with E-state index in [9.17, 15) is 0 Å². The topological polar surface area (TPSA) is 12.5 Å².